The van der Waals surface area contributed by atoms with Crippen molar-refractivity contribution < 1.29 is 9.90 Å². The van der Waals surface area contributed by atoms with E-state index in [1.165, 1.54) is 18.2 Å². The number of amides is 1. The van der Waals surface area contributed by atoms with E-state index in [0.29, 0.717) is 21.3 Å². The second-order valence-corrected chi connectivity index (χ2v) is 5.19. The number of nitrogens with zero attached hydrogens (tertiary/aromatic N) is 1. The number of hydrogen-bond acceptors (Lipinski definition) is 3. The van der Waals surface area contributed by atoms with Crippen LogP contribution in [0.25, 0.3) is 0 Å². The molecule has 0 saturated heterocycles. The number of benzene rings is 2. The molecule has 4 nitrogen and oxygen atoms in total. The minimum absolute atomic E-state index is 0.0808. The van der Waals surface area contributed by atoms with Gasteiger partial charge in [-0.25, -0.2) is 0 Å². The van der Waals surface area contributed by atoms with Crippen LogP contribution in [0.1, 0.15) is 15.9 Å². The lowest BCUT2D eigenvalue weighted by molar-refractivity contribution is 0.102. The van der Waals surface area contributed by atoms with Gasteiger partial charge in [0.15, 0.2) is 0 Å². The second-order valence-electron chi connectivity index (χ2n) is 3.93. The van der Waals surface area contributed by atoms with Gasteiger partial charge in [-0.05, 0) is 52.3 Å². The largest absolute Gasteiger partial charge is 0.506 e. The number of phenolic OH excluding ortho intramolecular Hbond substituents is 1. The molecule has 0 aliphatic heterocycles. The lowest BCUT2D eigenvalue weighted by atomic mass is 10.2. The molecule has 6 heteroatoms. The van der Waals surface area contributed by atoms with Gasteiger partial charge in [0.25, 0.3) is 5.91 Å². The highest BCUT2D eigenvalue weighted by Crippen LogP contribution is 2.26. The summed E-state index contributed by atoms with van der Waals surface area (Å²) in [7, 11) is 0. The van der Waals surface area contributed by atoms with Crippen molar-refractivity contribution in [3.8, 4) is 11.8 Å². The van der Waals surface area contributed by atoms with Crippen LogP contribution in [0.15, 0.2) is 40.9 Å². The van der Waals surface area contributed by atoms with E-state index < -0.39 is 0 Å². The van der Waals surface area contributed by atoms with Crippen molar-refractivity contribution >= 4 is 39.1 Å². The number of nitrogens with one attached hydrogen (secondary N) is 1. The van der Waals surface area contributed by atoms with Gasteiger partial charge in [-0.2, -0.15) is 5.26 Å². The Morgan fingerprint density at radius 2 is 2.05 bits per heavy atom. The number of carbonyl (C=O) groups is 1. The molecule has 0 aromatic heterocycles. The standard InChI is InChI=1S/C14H8BrClN2O2/c15-10-5-8(7-17)1-3-12(10)18-14(20)9-2-4-13(19)11(16)6-9/h1-6,19H,(H,18,20). The third-order valence-electron chi connectivity index (χ3n) is 2.56. The summed E-state index contributed by atoms with van der Waals surface area (Å²) in [5, 5.41) is 20.9. The maximum Gasteiger partial charge on any atom is 0.255 e. The van der Waals surface area contributed by atoms with Crippen LogP contribution in [-0.4, -0.2) is 11.0 Å². The summed E-state index contributed by atoms with van der Waals surface area (Å²) in [5.74, 6) is -0.444. The first-order chi connectivity index (χ1) is 9.51. The van der Waals surface area contributed by atoms with E-state index in [9.17, 15) is 9.90 Å². The molecule has 2 aromatic carbocycles. The van der Waals surface area contributed by atoms with Crippen LogP contribution in [0.3, 0.4) is 0 Å². The molecule has 100 valence electrons. The average Bonchev–Trinajstić information content (AvgIpc) is 2.43. The molecule has 0 aliphatic carbocycles. The molecular weight excluding hydrogens is 344 g/mol. The van der Waals surface area contributed by atoms with Gasteiger partial charge in [-0.3, -0.25) is 4.79 Å². The molecule has 1 amide bonds. The second kappa shape index (κ2) is 5.95. The summed E-state index contributed by atoms with van der Waals surface area (Å²) < 4.78 is 0.606. The summed E-state index contributed by atoms with van der Waals surface area (Å²) in [6.07, 6.45) is 0. The van der Waals surface area contributed by atoms with Crippen molar-refractivity contribution in [1.29, 1.82) is 5.26 Å². The number of aromatic hydroxyl groups is 1. The normalized spacial score (nSPS) is 9.85. The van der Waals surface area contributed by atoms with Gasteiger partial charge in [-0.1, -0.05) is 11.6 Å². The maximum absolute atomic E-state index is 12.0. The van der Waals surface area contributed by atoms with Crippen molar-refractivity contribution in [2.75, 3.05) is 5.32 Å². The van der Waals surface area contributed by atoms with Crippen LogP contribution >= 0.6 is 27.5 Å². The molecule has 0 unspecified atom stereocenters. The molecule has 0 heterocycles. The lowest BCUT2D eigenvalue weighted by Gasteiger charge is -2.08. The van der Waals surface area contributed by atoms with Crippen LogP contribution in [-0.2, 0) is 0 Å². The number of phenols is 1. The van der Waals surface area contributed by atoms with Gasteiger partial charge in [0.05, 0.1) is 22.3 Å². The Labute approximate surface area is 128 Å². The number of carbonyl (C=O) groups excluding carboxylic acids is 1. The first-order valence-electron chi connectivity index (χ1n) is 5.51. The number of halogens is 2. The summed E-state index contributed by atoms with van der Waals surface area (Å²) in [6, 6.07) is 11.0. The minimum Gasteiger partial charge on any atom is -0.506 e. The van der Waals surface area contributed by atoms with Crippen molar-refractivity contribution in [3.63, 3.8) is 0 Å². The van der Waals surface area contributed by atoms with Gasteiger partial charge >= 0.3 is 0 Å². The highest BCUT2D eigenvalue weighted by molar-refractivity contribution is 9.10. The summed E-state index contributed by atoms with van der Waals surface area (Å²) >= 11 is 9.04. The van der Waals surface area contributed by atoms with Gasteiger partial charge in [0.1, 0.15) is 5.75 Å². The number of anilines is 1. The SMILES string of the molecule is N#Cc1ccc(NC(=O)c2ccc(O)c(Cl)c2)c(Br)c1. The van der Waals surface area contributed by atoms with Crippen LogP contribution < -0.4 is 5.32 Å². The Kier molecular flexibility index (Phi) is 4.28. The van der Waals surface area contributed by atoms with Gasteiger partial charge in [0, 0.05) is 10.0 Å². The minimum atomic E-state index is -0.364. The molecule has 2 rings (SSSR count). The summed E-state index contributed by atoms with van der Waals surface area (Å²) in [6.45, 7) is 0. The molecule has 0 radical (unpaired) electrons. The van der Waals surface area contributed by atoms with E-state index in [2.05, 4.69) is 21.2 Å². The Morgan fingerprint density at radius 1 is 1.30 bits per heavy atom. The van der Waals surface area contributed by atoms with Crippen molar-refractivity contribution in [2.45, 2.75) is 0 Å². The van der Waals surface area contributed by atoms with E-state index in [1.54, 1.807) is 18.2 Å². The van der Waals surface area contributed by atoms with Crippen molar-refractivity contribution in [2.24, 2.45) is 0 Å². The third-order valence-corrected chi connectivity index (χ3v) is 3.52. The Morgan fingerprint density at radius 3 is 2.65 bits per heavy atom. The van der Waals surface area contributed by atoms with Gasteiger partial charge < -0.3 is 10.4 Å². The van der Waals surface area contributed by atoms with Crippen LogP contribution in [0.2, 0.25) is 5.02 Å². The molecule has 0 aliphatic rings. The van der Waals surface area contributed by atoms with Crippen molar-refractivity contribution in [3.05, 3.63) is 57.0 Å². The van der Waals surface area contributed by atoms with Crippen molar-refractivity contribution in [1.82, 2.24) is 0 Å². The molecule has 0 saturated carbocycles. The molecule has 0 spiro atoms. The van der Waals surface area contributed by atoms with E-state index in [1.807, 2.05) is 6.07 Å². The Bertz CT molecular complexity index is 726. The summed E-state index contributed by atoms with van der Waals surface area (Å²) in [4.78, 5) is 12.0. The zero-order valence-electron chi connectivity index (χ0n) is 10.0. The Hall–Kier alpha value is -2.03. The molecule has 20 heavy (non-hydrogen) atoms. The predicted molar refractivity (Wildman–Crippen MR) is 79.9 cm³/mol. The first-order valence-corrected chi connectivity index (χ1v) is 6.68. The molecule has 0 atom stereocenters. The van der Waals surface area contributed by atoms with E-state index in [4.69, 9.17) is 16.9 Å². The van der Waals surface area contributed by atoms with E-state index >= 15 is 0 Å². The zero-order chi connectivity index (χ0) is 14.7. The fourth-order valence-electron chi connectivity index (χ4n) is 1.53. The monoisotopic (exact) mass is 350 g/mol. The van der Waals surface area contributed by atoms with Crippen LogP contribution in [0.4, 0.5) is 5.69 Å². The highest BCUT2D eigenvalue weighted by atomic mass is 79.9. The highest BCUT2D eigenvalue weighted by Gasteiger charge is 2.10. The number of hydrogen-bond donors (Lipinski definition) is 2. The number of rotatable bonds is 2. The zero-order valence-corrected chi connectivity index (χ0v) is 12.4. The average molecular weight is 352 g/mol. The van der Waals surface area contributed by atoms with E-state index in [-0.39, 0.29) is 16.7 Å². The molecule has 2 aromatic rings. The summed E-state index contributed by atoms with van der Waals surface area (Å²) in [5.41, 5.74) is 1.35. The molecule has 0 fully saturated rings. The first kappa shape index (κ1) is 14.4. The topological polar surface area (TPSA) is 73.1 Å². The smallest absolute Gasteiger partial charge is 0.255 e. The maximum atomic E-state index is 12.0. The lowest BCUT2D eigenvalue weighted by Crippen LogP contribution is -2.12. The third kappa shape index (κ3) is 3.10. The molecule has 0 bridgehead atoms. The van der Waals surface area contributed by atoms with Crippen LogP contribution in [0.5, 0.6) is 5.75 Å². The number of nitriles is 1. The van der Waals surface area contributed by atoms with Gasteiger partial charge in [0.2, 0.25) is 0 Å². The fourth-order valence-corrected chi connectivity index (χ4v) is 2.19. The van der Waals surface area contributed by atoms with E-state index in [0.717, 1.165) is 0 Å². The fraction of sp³-hybridized carbons (Fsp3) is 0. The Balaban J connectivity index is 2.23. The molecule has 2 N–H and O–H groups in total. The predicted octanol–water partition coefficient (Wildman–Crippen LogP) is 3.93. The van der Waals surface area contributed by atoms with Gasteiger partial charge in [-0.15, -0.1) is 0 Å². The quantitative estimate of drug-likeness (QED) is 0.861. The van der Waals surface area contributed by atoms with Crippen LogP contribution in [0, 0.1) is 11.3 Å². The molecular formula is C14H8BrClN2O2.